The van der Waals surface area contributed by atoms with E-state index in [1.165, 1.54) is 43.5 Å². The van der Waals surface area contributed by atoms with E-state index in [1.807, 2.05) is 0 Å². The van der Waals surface area contributed by atoms with Gasteiger partial charge in [-0.2, -0.15) is 13.2 Å². The Kier molecular flexibility index (Phi) is 5.30. The maximum Gasteiger partial charge on any atom is 0.417 e. The van der Waals surface area contributed by atoms with E-state index >= 15 is 0 Å². The third-order valence-electron chi connectivity index (χ3n) is 3.09. The van der Waals surface area contributed by atoms with Crippen LogP contribution in [0.4, 0.5) is 13.2 Å². The summed E-state index contributed by atoms with van der Waals surface area (Å²) >= 11 is 2.92. The monoisotopic (exact) mass is 388 g/mol. The van der Waals surface area contributed by atoms with E-state index in [9.17, 15) is 18.0 Å². The predicted molar refractivity (Wildman–Crippen MR) is 81.9 cm³/mol. The van der Waals surface area contributed by atoms with Crippen LogP contribution in [-0.2, 0) is 12.8 Å². The van der Waals surface area contributed by atoms with Gasteiger partial charge in [0, 0.05) is 15.6 Å². The van der Waals surface area contributed by atoms with Crippen molar-refractivity contribution in [1.29, 1.82) is 0 Å². The molecule has 0 aromatic heterocycles. The molecule has 0 N–H and O–H groups in total. The fourth-order valence-electron chi connectivity index (χ4n) is 2.04. The topological polar surface area (TPSA) is 35.5 Å². The summed E-state index contributed by atoms with van der Waals surface area (Å²) < 4.78 is 49.9. The van der Waals surface area contributed by atoms with E-state index in [2.05, 4.69) is 15.9 Å². The minimum Gasteiger partial charge on any atom is -0.493 e. The second kappa shape index (κ2) is 7.04. The lowest BCUT2D eigenvalue weighted by Gasteiger charge is -2.16. The van der Waals surface area contributed by atoms with Crippen LogP contribution in [0.5, 0.6) is 11.5 Å². The van der Waals surface area contributed by atoms with Crippen molar-refractivity contribution >= 4 is 22.2 Å². The number of aldehydes is 1. The molecule has 0 aliphatic heterocycles. The molecule has 0 fully saturated rings. The molecule has 0 spiro atoms. The van der Waals surface area contributed by atoms with E-state index in [-0.39, 0.29) is 28.1 Å². The van der Waals surface area contributed by atoms with Crippen LogP contribution >= 0.6 is 15.9 Å². The largest absolute Gasteiger partial charge is 0.493 e. The van der Waals surface area contributed by atoms with Crippen LogP contribution in [0, 0.1) is 0 Å². The molecule has 0 radical (unpaired) electrons. The van der Waals surface area contributed by atoms with E-state index in [1.54, 1.807) is 0 Å². The molecule has 0 atom stereocenters. The van der Waals surface area contributed by atoms with E-state index in [0.717, 1.165) is 0 Å². The van der Waals surface area contributed by atoms with E-state index < -0.39 is 11.7 Å². The van der Waals surface area contributed by atoms with Crippen molar-refractivity contribution in [2.45, 2.75) is 12.8 Å². The van der Waals surface area contributed by atoms with Crippen molar-refractivity contribution in [3.8, 4) is 11.5 Å². The van der Waals surface area contributed by atoms with Gasteiger partial charge in [-0.1, -0.05) is 28.1 Å². The molecule has 0 bridgehead atoms. The van der Waals surface area contributed by atoms with E-state index in [0.29, 0.717) is 11.8 Å². The standard InChI is InChI=1S/C16H12BrF3O3/c1-22-14-7-10(8-21)5-6-13(14)23-9-11-3-2-4-12(17)15(11)16(18,19)20/h2-8H,9H2,1H3. The number of alkyl halides is 3. The van der Waals surface area contributed by atoms with Crippen molar-refractivity contribution < 1.29 is 27.4 Å². The van der Waals surface area contributed by atoms with Gasteiger partial charge >= 0.3 is 6.18 Å². The molecule has 3 nitrogen and oxygen atoms in total. The molecular formula is C16H12BrF3O3. The summed E-state index contributed by atoms with van der Waals surface area (Å²) in [5, 5.41) is 0. The molecule has 2 aromatic carbocycles. The lowest BCUT2D eigenvalue weighted by Crippen LogP contribution is -2.12. The first kappa shape index (κ1) is 17.3. The lowest BCUT2D eigenvalue weighted by molar-refractivity contribution is -0.139. The number of benzene rings is 2. The van der Waals surface area contributed by atoms with Gasteiger partial charge in [-0.3, -0.25) is 4.79 Å². The number of carbonyl (C=O) groups excluding carboxylic acids is 1. The highest BCUT2D eigenvalue weighted by molar-refractivity contribution is 9.10. The zero-order valence-corrected chi connectivity index (χ0v) is 13.6. The molecule has 7 heteroatoms. The summed E-state index contributed by atoms with van der Waals surface area (Å²) in [4.78, 5) is 10.7. The number of halogens is 4. The first-order valence-electron chi connectivity index (χ1n) is 6.47. The number of hydrogen-bond donors (Lipinski definition) is 0. The maximum atomic E-state index is 13.1. The summed E-state index contributed by atoms with van der Waals surface area (Å²) in [5.41, 5.74) is -0.399. The number of hydrogen-bond acceptors (Lipinski definition) is 3. The Hall–Kier alpha value is -2.02. The van der Waals surface area contributed by atoms with Gasteiger partial charge in [0.25, 0.3) is 0 Å². The van der Waals surface area contributed by atoms with Gasteiger partial charge in [-0.15, -0.1) is 0 Å². The second-order valence-corrected chi connectivity index (χ2v) is 5.44. The molecule has 0 aliphatic rings. The van der Waals surface area contributed by atoms with Crippen LogP contribution in [0.15, 0.2) is 40.9 Å². The Labute approximate surface area is 139 Å². The number of methoxy groups -OCH3 is 1. The molecular weight excluding hydrogens is 377 g/mol. The van der Waals surface area contributed by atoms with Gasteiger partial charge in [0.05, 0.1) is 12.7 Å². The molecule has 0 unspecified atom stereocenters. The Bertz CT molecular complexity index is 714. The zero-order valence-electron chi connectivity index (χ0n) is 12.0. The fraction of sp³-hybridized carbons (Fsp3) is 0.188. The number of rotatable bonds is 5. The Morgan fingerprint density at radius 3 is 2.52 bits per heavy atom. The second-order valence-electron chi connectivity index (χ2n) is 4.59. The first-order valence-corrected chi connectivity index (χ1v) is 7.26. The average Bonchev–Trinajstić information content (AvgIpc) is 2.51. The van der Waals surface area contributed by atoms with Crippen LogP contribution in [0.25, 0.3) is 0 Å². The summed E-state index contributed by atoms with van der Waals surface area (Å²) in [6.07, 6.45) is -3.85. The summed E-state index contributed by atoms with van der Waals surface area (Å²) in [6.45, 7) is -0.287. The average molecular weight is 389 g/mol. The number of carbonyl (C=O) groups is 1. The fourth-order valence-corrected chi connectivity index (χ4v) is 2.67. The molecule has 23 heavy (non-hydrogen) atoms. The summed E-state index contributed by atoms with van der Waals surface area (Å²) in [7, 11) is 1.39. The van der Waals surface area contributed by atoms with Crippen LogP contribution in [0.1, 0.15) is 21.5 Å². The molecule has 0 saturated heterocycles. The predicted octanol–water partition coefficient (Wildman–Crippen LogP) is 4.87. The van der Waals surface area contributed by atoms with Crippen LogP contribution < -0.4 is 9.47 Å². The van der Waals surface area contributed by atoms with Crippen molar-refractivity contribution in [3.63, 3.8) is 0 Å². The molecule has 0 aliphatic carbocycles. The molecule has 0 saturated carbocycles. The lowest BCUT2D eigenvalue weighted by atomic mass is 10.1. The highest BCUT2D eigenvalue weighted by Gasteiger charge is 2.35. The Morgan fingerprint density at radius 1 is 1.17 bits per heavy atom. The first-order chi connectivity index (χ1) is 10.9. The van der Waals surface area contributed by atoms with Crippen LogP contribution in [-0.4, -0.2) is 13.4 Å². The van der Waals surface area contributed by atoms with Crippen molar-refractivity contribution in [3.05, 3.63) is 57.6 Å². The summed E-state index contributed by atoms with van der Waals surface area (Å²) in [5.74, 6) is 0.532. The molecule has 0 amide bonds. The third-order valence-corrected chi connectivity index (χ3v) is 3.75. The summed E-state index contributed by atoms with van der Waals surface area (Å²) in [6, 6.07) is 8.61. The van der Waals surface area contributed by atoms with E-state index in [4.69, 9.17) is 9.47 Å². The van der Waals surface area contributed by atoms with Gasteiger partial charge in [0.1, 0.15) is 12.9 Å². The van der Waals surface area contributed by atoms with Gasteiger partial charge < -0.3 is 9.47 Å². The molecule has 2 aromatic rings. The van der Waals surface area contributed by atoms with Crippen molar-refractivity contribution in [2.75, 3.05) is 7.11 Å². The van der Waals surface area contributed by atoms with Gasteiger partial charge in [0.2, 0.25) is 0 Å². The maximum absolute atomic E-state index is 13.1. The number of ether oxygens (including phenoxy) is 2. The van der Waals surface area contributed by atoms with Gasteiger partial charge in [-0.05, 0) is 24.3 Å². The van der Waals surface area contributed by atoms with Gasteiger partial charge in [0.15, 0.2) is 11.5 Å². The van der Waals surface area contributed by atoms with Crippen molar-refractivity contribution in [1.82, 2.24) is 0 Å². The molecule has 0 heterocycles. The van der Waals surface area contributed by atoms with Crippen LogP contribution in [0.3, 0.4) is 0 Å². The Balaban J connectivity index is 2.29. The normalized spacial score (nSPS) is 11.2. The highest BCUT2D eigenvalue weighted by atomic mass is 79.9. The minimum absolute atomic E-state index is 0.00612. The minimum atomic E-state index is -4.50. The quantitative estimate of drug-likeness (QED) is 0.685. The van der Waals surface area contributed by atoms with Crippen LogP contribution in [0.2, 0.25) is 0 Å². The zero-order chi connectivity index (χ0) is 17.0. The SMILES string of the molecule is COc1cc(C=O)ccc1OCc1cccc(Br)c1C(F)(F)F. The Morgan fingerprint density at radius 2 is 1.91 bits per heavy atom. The third kappa shape index (κ3) is 4.04. The molecule has 2 rings (SSSR count). The smallest absolute Gasteiger partial charge is 0.417 e. The molecule has 122 valence electrons. The van der Waals surface area contributed by atoms with Crippen molar-refractivity contribution in [2.24, 2.45) is 0 Å². The highest BCUT2D eigenvalue weighted by Crippen LogP contribution is 2.38. The van der Waals surface area contributed by atoms with Gasteiger partial charge in [-0.25, -0.2) is 0 Å².